The van der Waals surface area contributed by atoms with Crippen LogP contribution >= 0.6 is 0 Å². The van der Waals surface area contributed by atoms with Crippen LogP contribution in [0.15, 0.2) is 0 Å². The van der Waals surface area contributed by atoms with Crippen LogP contribution in [-0.4, -0.2) is 30.3 Å². The van der Waals surface area contributed by atoms with Crippen molar-refractivity contribution in [2.75, 3.05) is 13.1 Å². The summed E-state index contributed by atoms with van der Waals surface area (Å²) in [6, 6.07) is 0. The predicted octanol–water partition coefficient (Wildman–Crippen LogP) is 4.49. The minimum Gasteiger partial charge on any atom is -0.444 e. The van der Waals surface area contributed by atoms with Gasteiger partial charge in [-0.25, -0.2) is 4.79 Å². The summed E-state index contributed by atoms with van der Waals surface area (Å²) in [7, 11) is 0. The van der Waals surface area contributed by atoms with Crippen molar-refractivity contribution in [2.24, 2.45) is 11.8 Å². The molecule has 0 aromatic carbocycles. The minimum absolute atomic E-state index is 0.220. The van der Waals surface area contributed by atoms with E-state index in [0.29, 0.717) is 0 Å². The number of ether oxygens (including phenoxy) is 1. The van der Waals surface area contributed by atoms with Crippen molar-refractivity contribution in [2.45, 2.75) is 91.2 Å². The molecule has 0 heterocycles. The van der Waals surface area contributed by atoms with E-state index in [0.717, 1.165) is 37.8 Å². The Balaban J connectivity index is 2.47. The smallest absolute Gasteiger partial charge is 0.408 e. The molecule has 0 radical (unpaired) electrons. The number of hydrogen-bond acceptors (Lipinski definition) is 3. The lowest BCUT2D eigenvalue weighted by Gasteiger charge is -2.35. The van der Waals surface area contributed by atoms with Crippen LogP contribution in [-0.2, 0) is 4.74 Å². The largest absolute Gasteiger partial charge is 0.444 e. The Morgan fingerprint density at radius 2 is 1.83 bits per heavy atom. The molecule has 0 saturated heterocycles. The van der Waals surface area contributed by atoms with E-state index in [-0.39, 0.29) is 11.6 Å². The zero-order chi connectivity index (χ0) is 17.5. The molecule has 4 nitrogen and oxygen atoms in total. The highest BCUT2D eigenvalue weighted by Crippen LogP contribution is 2.28. The van der Waals surface area contributed by atoms with Crippen LogP contribution in [0.4, 0.5) is 4.79 Å². The summed E-state index contributed by atoms with van der Waals surface area (Å²) < 4.78 is 5.43. The molecule has 0 aromatic rings. The second-order valence-electron chi connectivity index (χ2n) is 8.38. The van der Waals surface area contributed by atoms with Crippen molar-refractivity contribution in [3.63, 3.8) is 0 Å². The quantitative estimate of drug-likeness (QED) is 0.725. The molecule has 2 atom stereocenters. The van der Waals surface area contributed by atoms with Gasteiger partial charge in [-0.1, -0.05) is 33.6 Å². The molecule has 1 saturated carbocycles. The van der Waals surface area contributed by atoms with Crippen LogP contribution in [0.5, 0.6) is 0 Å². The fourth-order valence-corrected chi connectivity index (χ4v) is 3.50. The number of carbonyl (C=O) groups is 1. The van der Waals surface area contributed by atoms with Gasteiger partial charge in [0.1, 0.15) is 5.60 Å². The van der Waals surface area contributed by atoms with Crippen molar-refractivity contribution in [1.82, 2.24) is 10.6 Å². The van der Waals surface area contributed by atoms with Crippen LogP contribution in [0.2, 0.25) is 0 Å². The zero-order valence-corrected chi connectivity index (χ0v) is 16.1. The first-order chi connectivity index (χ1) is 10.7. The van der Waals surface area contributed by atoms with Gasteiger partial charge in [0.15, 0.2) is 0 Å². The van der Waals surface area contributed by atoms with E-state index in [2.05, 4.69) is 31.4 Å². The van der Waals surface area contributed by atoms with Crippen molar-refractivity contribution in [3.05, 3.63) is 0 Å². The molecule has 0 spiro atoms. The maximum Gasteiger partial charge on any atom is 0.408 e. The molecular formula is C19H38N2O2. The molecule has 1 aliphatic rings. The Morgan fingerprint density at radius 3 is 2.35 bits per heavy atom. The number of carbonyl (C=O) groups excluding carboxylic acids is 1. The van der Waals surface area contributed by atoms with Gasteiger partial charge in [-0.15, -0.1) is 0 Å². The van der Waals surface area contributed by atoms with Gasteiger partial charge in [0.2, 0.25) is 0 Å². The minimum atomic E-state index is -0.455. The second-order valence-corrected chi connectivity index (χ2v) is 8.38. The Kier molecular flexibility index (Phi) is 7.85. The van der Waals surface area contributed by atoms with Gasteiger partial charge in [0.25, 0.3) is 0 Å². The molecule has 1 rings (SSSR count). The molecule has 136 valence electrons. The number of rotatable bonds is 7. The summed E-state index contributed by atoms with van der Waals surface area (Å²) >= 11 is 0. The fraction of sp³-hybridized carbons (Fsp3) is 0.947. The van der Waals surface area contributed by atoms with Crippen molar-refractivity contribution >= 4 is 6.09 Å². The lowest BCUT2D eigenvalue weighted by molar-refractivity contribution is 0.0445. The van der Waals surface area contributed by atoms with Gasteiger partial charge >= 0.3 is 6.09 Å². The molecule has 4 heteroatoms. The highest BCUT2D eigenvalue weighted by molar-refractivity contribution is 5.68. The summed E-state index contributed by atoms with van der Waals surface area (Å²) in [5.41, 5.74) is -0.675. The normalized spacial score (nSPS) is 22.7. The lowest BCUT2D eigenvalue weighted by Crippen LogP contribution is -2.55. The highest BCUT2D eigenvalue weighted by atomic mass is 16.6. The van der Waals surface area contributed by atoms with Crippen LogP contribution < -0.4 is 10.6 Å². The fourth-order valence-electron chi connectivity index (χ4n) is 3.50. The summed E-state index contributed by atoms with van der Waals surface area (Å²) in [4.78, 5) is 12.1. The lowest BCUT2D eigenvalue weighted by atomic mass is 9.82. The third-order valence-electron chi connectivity index (χ3n) is 5.06. The molecule has 1 aliphatic carbocycles. The van der Waals surface area contributed by atoms with E-state index in [1.54, 1.807) is 0 Å². The second kappa shape index (κ2) is 8.91. The zero-order valence-electron chi connectivity index (χ0n) is 16.1. The summed E-state index contributed by atoms with van der Waals surface area (Å²) in [6.45, 7) is 14.2. The molecule has 1 amide bonds. The summed E-state index contributed by atoms with van der Waals surface area (Å²) in [5.74, 6) is 1.64. The Hall–Kier alpha value is -0.770. The highest BCUT2D eigenvalue weighted by Gasteiger charge is 2.30. The van der Waals surface area contributed by atoms with E-state index >= 15 is 0 Å². The van der Waals surface area contributed by atoms with E-state index in [4.69, 9.17) is 4.74 Å². The first-order valence-corrected chi connectivity index (χ1v) is 9.41. The van der Waals surface area contributed by atoms with Gasteiger partial charge in [0, 0.05) is 6.54 Å². The summed E-state index contributed by atoms with van der Waals surface area (Å²) in [5, 5.41) is 6.73. The number of alkyl carbamates (subject to hydrolysis) is 1. The number of hydrogen-bond donors (Lipinski definition) is 2. The Morgan fingerprint density at radius 1 is 1.17 bits per heavy atom. The van der Waals surface area contributed by atoms with Gasteiger partial charge in [-0.05, 0) is 64.8 Å². The average molecular weight is 327 g/mol. The Labute approximate surface area is 143 Å². The third kappa shape index (κ3) is 7.56. The topological polar surface area (TPSA) is 50.4 Å². The number of amides is 1. The molecular weight excluding hydrogens is 288 g/mol. The standard InChI is InChI=1S/C19H38N2O2/c1-7-19(8-2,21-17(22)23-18(4,5)6)14-20-13-16-11-9-10-15(3)12-16/h15-16,20H,7-14H2,1-6H3,(H,21,22). The van der Waals surface area contributed by atoms with Crippen molar-refractivity contribution < 1.29 is 9.53 Å². The molecule has 0 bridgehead atoms. The third-order valence-corrected chi connectivity index (χ3v) is 5.06. The van der Waals surface area contributed by atoms with Crippen LogP contribution in [0.3, 0.4) is 0 Å². The van der Waals surface area contributed by atoms with E-state index < -0.39 is 5.60 Å². The predicted molar refractivity (Wildman–Crippen MR) is 96.7 cm³/mol. The number of nitrogens with one attached hydrogen (secondary N) is 2. The van der Waals surface area contributed by atoms with Gasteiger partial charge in [0.05, 0.1) is 5.54 Å². The van der Waals surface area contributed by atoms with Gasteiger partial charge in [-0.2, -0.15) is 0 Å². The average Bonchev–Trinajstić information content (AvgIpc) is 2.44. The van der Waals surface area contributed by atoms with E-state index in [1.165, 1.54) is 25.7 Å². The molecule has 2 unspecified atom stereocenters. The van der Waals surface area contributed by atoms with Crippen LogP contribution in [0, 0.1) is 11.8 Å². The first-order valence-electron chi connectivity index (χ1n) is 9.41. The monoisotopic (exact) mass is 326 g/mol. The van der Waals surface area contributed by atoms with Gasteiger partial charge in [-0.3, -0.25) is 0 Å². The summed E-state index contributed by atoms with van der Waals surface area (Å²) in [6.07, 6.45) is 6.89. The molecule has 23 heavy (non-hydrogen) atoms. The van der Waals surface area contributed by atoms with Crippen molar-refractivity contribution in [1.29, 1.82) is 0 Å². The Bertz CT molecular complexity index is 359. The maximum atomic E-state index is 12.1. The SMILES string of the molecule is CCC(CC)(CNCC1CCCC(C)C1)NC(=O)OC(C)(C)C. The van der Waals surface area contributed by atoms with Gasteiger partial charge < -0.3 is 15.4 Å². The van der Waals surface area contributed by atoms with Crippen molar-refractivity contribution in [3.8, 4) is 0 Å². The maximum absolute atomic E-state index is 12.1. The molecule has 0 aliphatic heterocycles. The van der Waals surface area contributed by atoms with Crippen LogP contribution in [0.25, 0.3) is 0 Å². The molecule has 1 fully saturated rings. The van der Waals surface area contributed by atoms with E-state index in [1.807, 2.05) is 20.8 Å². The molecule has 0 aromatic heterocycles. The molecule has 2 N–H and O–H groups in total. The first kappa shape index (κ1) is 20.3. The van der Waals surface area contributed by atoms with Crippen LogP contribution in [0.1, 0.15) is 80.1 Å². The van der Waals surface area contributed by atoms with E-state index in [9.17, 15) is 4.79 Å².